The van der Waals surface area contributed by atoms with Crippen molar-refractivity contribution in [3.05, 3.63) is 63.1 Å². The molecule has 0 aliphatic heterocycles. The molecular weight excluding hydrogens is 468 g/mol. The maximum atomic E-state index is 12.4. The Labute approximate surface area is 165 Å². The van der Waals surface area contributed by atoms with Crippen molar-refractivity contribution in [2.45, 2.75) is 0 Å². The Balaban J connectivity index is 1.73. The topological polar surface area (TPSA) is 102 Å². The third-order valence-corrected chi connectivity index (χ3v) is 4.22. The second-order valence-electron chi connectivity index (χ2n) is 5.17. The number of pyridine rings is 2. The number of halogens is 2. The fraction of sp³-hybridized carbons (Fsp3) is 0.0625. The molecule has 0 unspecified atom stereocenters. The molecule has 3 aromatic heterocycles. The predicted molar refractivity (Wildman–Crippen MR) is 103 cm³/mol. The first kappa shape index (κ1) is 18.2. The van der Waals surface area contributed by atoms with Crippen LogP contribution in [0.2, 0.25) is 0 Å². The number of aryl methyl sites for hydroxylation is 1. The van der Waals surface area contributed by atoms with Crippen LogP contribution in [0.5, 0.6) is 0 Å². The molecule has 0 spiro atoms. The maximum absolute atomic E-state index is 12.4. The van der Waals surface area contributed by atoms with Gasteiger partial charge in [0.1, 0.15) is 17.3 Å². The highest BCUT2D eigenvalue weighted by atomic mass is 79.9. The lowest BCUT2D eigenvalue weighted by Gasteiger charge is -2.04. The van der Waals surface area contributed by atoms with Crippen LogP contribution in [0.15, 0.2) is 51.7 Å². The molecule has 0 saturated heterocycles. The number of carbonyl (C=O) groups is 2. The third-order valence-electron chi connectivity index (χ3n) is 3.28. The van der Waals surface area contributed by atoms with E-state index in [1.807, 2.05) is 0 Å². The Bertz CT molecular complexity index is 954. The number of rotatable bonds is 4. The first-order chi connectivity index (χ1) is 12.4. The summed E-state index contributed by atoms with van der Waals surface area (Å²) in [7, 11) is 1.58. The summed E-state index contributed by atoms with van der Waals surface area (Å²) in [4.78, 5) is 32.8. The number of nitrogens with one attached hydrogen (secondary N) is 2. The SMILES string of the molecule is Cn1nc(C(=O)Nc2ccc(Br)cn2)cc1C(=O)Nc1ccc(Br)cn1. The molecule has 10 heteroatoms. The van der Waals surface area contributed by atoms with E-state index in [0.29, 0.717) is 11.6 Å². The Hall–Kier alpha value is -2.59. The summed E-state index contributed by atoms with van der Waals surface area (Å²) in [6.45, 7) is 0. The van der Waals surface area contributed by atoms with E-state index < -0.39 is 11.8 Å². The van der Waals surface area contributed by atoms with Gasteiger partial charge in [-0.3, -0.25) is 14.3 Å². The molecule has 8 nitrogen and oxygen atoms in total. The summed E-state index contributed by atoms with van der Waals surface area (Å²) in [6, 6.07) is 8.23. The van der Waals surface area contributed by atoms with Gasteiger partial charge >= 0.3 is 0 Å². The molecule has 3 heterocycles. The number of nitrogens with zero attached hydrogens (tertiary/aromatic N) is 4. The molecule has 0 atom stereocenters. The standard InChI is InChI=1S/C16H12Br2N6O2/c1-24-12(16(26)22-14-5-3-10(18)8-20-14)6-11(23-24)15(25)21-13-4-2-9(17)7-19-13/h2-8H,1H3,(H,19,21,25)(H,20,22,26). The monoisotopic (exact) mass is 478 g/mol. The van der Waals surface area contributed by atoms with Crippen LogP contribution < -0.4 is 10.6 Å². The van der Waals surface area contributed by atoms with E-state index in [-0.39, 0.29) is 11.4 Å². The zero-order valence-corrected chi connectivity index (χ0v) is 16.6. The van der Waals surface area contributed by atoms with Crippen LogP contribution in [0.25, 0.3) is 0 Å². The van der Waals surface area contributed by atoms with Gasteiger partial charge in [0.05, 0.1) is 0 Å². The second-order valence-corrected chi connectivity index (χ2v) is 7.00. The van der Waals surface area contributed by atoms with Gasteiger partial charge < -0.3 is 10.6 Å². The van der Waals surface area contributed by atoms with Crippen LogP contribution in [0.1, 0.15) is 21.0 Å². The van der Waals surface area contributed by atoms with Crippen molar-refractivity contribution >= 4 is 55.3 Å². The van der Waals surface area contributed by atoms with Gasteiger partial charge in [0.25, 0.3) is 11.8 Å². The highest BCUT2D eigenvalue weighted by Gasteiger charge is 2.18. The van der Waals surface area contributed by atoms with Crippen LogP contribution in [-0.2, 0) is 7.05 Å². The van der Waals surface area contributed by atoms with Crippen LogP contribution in [-0.4, -0.2) is 31.6 Å². The minimum atomic E-state index is -0.462. The predicted octanol–water partition coefficient (Wildman–Crippen LogP) is 3.24. The van der Waals surface area contributed by atoms with Gasteiger partial charge in [0.15, 0.2) is 5.69 Å². The molecule has 0 radical (unpaired) electrons. The van der Waals surface area contributed by atoms with Crippen molar-refractivity contribution < 1.29 is 9.59 Å². The Morgan fingerprint density at radius 1 is 0.923 bits per heavy atom. The van der Waals surface area contributed by atoms with Gasteiger partial charge in [0, 0.05) is 34.5 Å². The minimum absolute atomic E-state index is 0.103. The van der Waals surface area contributed by atoms with E-state index in [1.165, 1.54) is 10.7 Å². The zero-order chi connectivity index (χ0) is 18.7. The molecular formula is C16H12Br2N6O2. The lowest BCUT2D eigenvalue weighted by Crippen LogP contribution is -2.16. The summed E-state index contributed by atoms with van der Waals surface area (Å²) >= 11 is 6.55. The van der Waals surface area contributed by atoms with Gasteiger partial charge in [-0.05, 0) is 56.1 Å². The van der Waals surface area contributed by atoms with E-state index in [1.54, 1.807) is 43.7 Å². The van der Waals surface area contributed by atoms with Gasteiger partial charge in [-0.25, -0.2) is 9.97 Å². The Morgan fingerprint density at radius 3 is 1.96 bits per heavy atom. The fourth-order valence-corrected chi connectivity index (χ4v) is 2.52. The van der Waals surface area contributed by atoms with E-state index in [9.17, 15) is 9.59 Å². The van der Waals surface area contributed by atoms with Crippen molar-refractivity contribution in [2.75, 3.05) is 10.6 Å². The number of hydrogen-bond acceptors (Lipinski definition) is 5. The molecule has 0 saturated carbocycles. The number of carbonyl (C=O) groups excluding carboxylic acids is 2. The zero-order valence-electron chi connectivity index (χ0n) is 13.4. The molecule has 2 N–H and O–H groups in total. The number of hydrogen-bond donors (Lipinski definition) is 2. The quantitative estimate of drug-likeness (QED) is 0.598. The van der Waals surface area contributed by atoms with Gasteiger partial charge in [-0.2, -0.15) is 5.10 Å². The van der Waals surface area contributed by atoms with Crippen LogP contribution in [0.4, 0.5) is 11.6 Å². The summed E-state index contributed by atoms with van der Waals surface area (Å²) in [5.74, 6) is -0.106. The van der Waals surface area contributed by atoms with Crippen molar-refractivity contribution in [1.29, 1.82) is 0 Å². The highest BCUT2D eigenvalue weighted by Crippen LogP contribution is 2.14. The molecule has 3 aromatic rings. The van der Waals surface area contributed by atoms with Gasteiger partial charge in [-0.15, -0.1) is 0 Å². The largest absolute Gasteiger partial charge is 0.305 e. The first-order valence-corrected chi connectivity index (χ1v) is 8.91. The Kier molecular flexibility index (Phi) is 5.43. The molecule has 26 heavy (non-hydrogen) atoms. The number of anilines is 2. The highest BCUT2D eigenvalue weighted by molar-refractivity contribution is 9.10. The molecule has 0 aliphatic carbocycles. The summed E-state index contributed by atoms with van der Waals surface area (Å²) < 4.78 is 2.93. The van der Waals surface area contributed by atoms with Crippen LogP contribution >= 0.6 is 31.9 Å². The van der Waals surface area contributed by atoms with Crippen molar-refractivity contribution in [1.82, 2.24) is 19.7 Å². The van der Waals surface area contributed by atoms with Crippen molar-refractivity contribution in [3.8, 4) is 0 Å². The average molecular weight is 480 g/mol. The number of amides is 2. The van der Waals surface area contributed by atoms with Crippen LogP contribution in [0.3, 0.4) is 0 Å². The van der Waals surface area contributed by atoms with Crippen molar-refractivity contribution in [2.24, 2.45) is 7.05 Å². The average Bonchev–Trinajstić information content (AvgIpc) is 3.01. The molecule has 3 rings (SSSR count). The minimum Gasteiger partial charge on any atom is -0.305 e. The Morgan fingerprint density at radius 2 is 1.46 bits per heavy atom. The third kappa shape index (κ3) is 4.33. The maximum Gasteiger partial charge on any atom is 0.277 e. The van der Waals surface area contributed by atoms with Gasteiger partial charge in [-0.1, -0.05) is 0 Å². The lowest BCUT2D eigenvalue weighted by atomic mass is 10.3. The number of aromatic nitrogens is 4. The van der Waals surface area contributed by atoms with Crippen molar-refractivity contribution in [3.63, 3.8) is 0 Å². The fourth-order valence-electron chi connectivity index (χ4n) is 2.05. The molecule has 2 amide bonds. The van der Waals surface area contributed by atoms with Crippen LogP contribution in [0, 0.1) is 0 Å². The summed E-state index contributed by atoms with van der Waals surface area (Å²) in [5, 5.41) is 9.36. The molecule has 0 fully saturated rings. The van der Waals surface area contributed by atoms with Gasteiger partial charge in [0.2, 0.25) is 0 Å². The van der Waals surface area contributed by atoms with E-state index in [4.69, 9.17) is 0 Å². The second kappa shape index (κ2) is 7.75. The first-order valence-electron chi connectivity index (χ1n) is 7.32. The van der Waals surface area contributed by atoms with E-state index in [0.717, 1.165) is 8.95 Å². The molecule has 132 valence electrons. The smallest absolute Gasteiger partial charge is 0.277 e. The summed E-state index contributed by atoms with van der Waals surface area (Å²) in [6.07, 6.45) is 3.14. The van der Waals surface area contributed by atoms with E-state index in [2.05, 4.69) is 57.6 Å². The van der Waals surface area contributed by atoms with E-state index >= 15 is 0 Å². The lowest BCUT2D eigenvalue weighted by molar-refractivity contribution is 0.101. The summed E-state index contributed by atoms with van der Waals surface area (Å²) in [5.41, 5.74) is 0.328. The molecule has 0 aromatic carbocycles. The normalized spacial score (nSPS) is 10.4. The molecule has 0 bridgehead atoms. The molecule has 0 aliphatic rings.